The lowest BCUT2D eigenvalue weighted by molar-refractivity contribution is 0.0347. The van der Waals surface area contributed by atoms with E-state index >= 15 is 0 Å². The van der Waals surface area contributed by atoms with Crippen LogP contribution in [0.25, 0.3) is 10.2 Å². The normalized spacial score (nSPS) is 16.6. The van der Waals surface area contributed by atoms with Crippen LogP contribution < -0.4 is 5.32 Å². The minimum atomic E-state index is -0.215. The van der Waals surface area contributed by atoms with Crippen molar-refractivity contribution in [1.29, 1.82) is 0 Å². The van der Waals surface area contributed by atoms with Crippen LogP contribution in [0.2, 0.25) is 0 Å². The van der Waals surface area contributed by atoms with Gasteiger partial charge < -0.3 is 10.1 Å². The summed E-state index contributed by atoms with van der Waals surface area (Å²) in [5, 5.41) is 4.08. The average molecular weight is 294 g/mol. The summed E-state index contributed by atoms with van der Waals surface area (Å²) in [6.45, 7) is 1.45. The fourth-order valence-corrected chi connectivity index (χ4v) is 3.51. The number of benzene rings is 1. The molecule has 5 heteroatoms. The van der Waals surface area contributed by atoms with Crippen LogP contribution in [0, 0.1) is 5.82 Å². The minimum Gasteiger partial charge on any atom is -0.376 e. The highest BCUT2D eigenvalue weighted by Gasteiger charge is 2.13. The first kappa shape index (κ1) is 13.8. The summed E-state index contributed by atoms with van der Waals surface area (Å²) in [5.41, 5.74) is 0.840. The largest absolute Gasteiger partial charge is 0.376 e. The smallest absolute Gasteiger partial charge is 0.183 e. The summed E-state index contributed by atoms with van der Waals surface area (Å²) in [7, 11) is 0. The molecule has 1 fully saturated rings. The van der Waals surface area contributed by atoms with E-state index in [0.29, 0.717) is 12.7 Å². The van der Waals surface area contributed by atoms with E-state index in [1.165, 1.54) is 55.6 Å². The Morgan fingerprint density at radius 1 is 1.30 bits per heavy atom. The zero-order valence-corrected chi connectivity index (χ0v) is 12.2. The number of halogens is 1. The van der Waals surface area contributed by atoms with E-state index in [4.69, 9.17) is 4.74 Å². The maximum absolute atomic E-state index is 13.1. The number of anilines is 1. The Kier molecular flexibility index (Phi) is 4.47. The third-order valence-electron chi connectivity index (χ3n) is 3.63. The summed E-state index contributed by atoms with van der Waals surface area (Å²) >= 11 is 1.48. The molecular formula is C15H19FN2OS. The molecule has 0 atom stereocenters. The Hall–Kier alpha value is -1.20. The third kappa shape index (κ3) is 3.46. The quantitative estimate of drug-likeness (QED) is 0.839. The van der Waals surface area contributed by atoms with Crippen molar-refractivity contribution in [3.05, 3.63) is 24.0 Å². The fraction of sp³-hybridized carbons (Fsp3) is 0.533. The second-order valence-electron chi connectivity index (χ2n) is 5.19. The van der Waals surface area contributed by atoms with Crippen molar-refractivity contribution in [1.82, 2.24) is 4.98 Å². The summed E-state index contributed by atoms with van der Waals surface area (Å²) in [5.74, 6) is -0.215. The standard InChI is InChI=1S/C15H19FN2OS/c16-11-6-7-13-14(10-11)20-15(18-13)17-8-9-19-12-4-2-1-3-5-12/h6-7,10,12H,1-5,8-9H2,(H,17,18). The van der Waals surface area contributed by atoms with E-state index in [-0.39, 0.29) is 5.82 Å². The van der Waals surface area contributed by atoms with Gasteiger partial charge in [-0.2, -0.15) is 0 Å². The topological polar surface area (TPSA) is 34.2 Å². The van der Waals surface area contributed by atoms with Crippen LogP contribution in [0.5, 0.6) is 0 Å². The number of ether oxygens (including phenoxy) is 1. The summed E-state index contributed by atoms with van der Waals surface area (Å²) in [6, 6.07) is 4.68. The molecular weight excluding hydrogens is 275 g/mol. The lowest BCUT2D eigenvalue weighted by Crippen LogP contribution is -2.20. The predicted molar refractivity (Wildman–Crippen MR) is 80.9 cm³/mol. The Labute approximate surface area is 122 Å². The van der Waals surface area contributed by atoms with Crippen molar-refractivity contribution in [2.45, 2.75) is 38.2 Å². The highest BCUT2D eigenvalue weighted by Crippen LogP contribution is 2.26. The van der Waals surface area contributed by atoms with Gasteiger partial charge >= 0.3 is 0 Å². The SMILES string of the molecule is Fc1ccc2nc(NCCOC3CCCCC3)sc2c1. The summed E-state index contributed by atoms with van der Waals surface area (Å²) in [6.07, 6.45) is 6.76. The maximum atomic E-state index is 13.1. The van der Waals surface area contributed by atoms with E-state index in [1.807, 2.05) is 0 Å². The van der Waals surface area contributed by atoms with Crippen LogP contribution in [-0.2, 0) is 4.74 Å². The number of fused-ring (bicyclic) bond motifs is 1. The number of aromatic nitrogens is 1. The van der Waals surface area contributed by atoms with Crippen molar-refractivity contribution >= 4 is 26.7 Å². The third-order valence-corrected chi connectivity index (χ3v) is 4.61. The minimum absolute atomic E-state index is 0.215. The zero-order valence-electron chi connectivity index (χ0n) is 11.4. The number of hydrogen-bond donors (Lipinski definition) is 1. The number of nitrogens with one attached hydrogen (secondary N) is 1. The number of thiazole rings is 1. The van der Waals surface area contributed by atoms with Gasteiger partial charge in [-0.05, 0) is 31.0 Å². The lowest BCUT2D eigenvalue weighted by Gasteiger charge is -2.21. The molecule has 0 aliphatic heterocycles. The maximum Gasteiger partial charge on any atom is 0.183 e. The van der Waals surface area contributed by atoms with Gasteiger partial charge in [0.25, 0.3) is 0 Å². The zero-order chi connectivity index (χ0) is 13.8. The molecule has 0 bridgehead atoms. The second kappa shape index (κ2) is 6.50. The van der Waals surface area contributed by atoms with Gasteiger partial charge in [-0.15, -0.1) is 0 Å². The molecule has 1 aromatic carbocycles. The van der Waals surface area contributed by atoms with Crippen molar-refractivity contribution in [2.24, 2.45) is 0 Å². The van der Waals surface area contributed by atoms with E-state index in [1.54, 1.807) is 6.07 Å². The molecule has 0 spiro atoms. The van der Waals surface area contributed by atoms with E-state index in [0.717, 1.165) is 21.9 Å². The first-order chi connectivity index (χ1) is 9.81. The van der Waals surface area contributed by atoms with Gasteiger partial charge in [-0.25, -0.2) is 9.37 Å². The molecule has 0 saturated heterocycles. The van der Waals surface area contributed by atoms with Crippen molar-refractivity contribution < 1.29 is 9.13 Å². The van der Waals surface area contributed by atoms with Crippen LogP contribution in [0.1, 0.15) is 32.1 Å². The van der Waals surface area contributed by atoms with Gasteiger partial charge in [-0.3, -0.25) is 0 Å². The summed E-state index contributed by atoms with van der Waals surface area (Å²) in [4.78, 5) is 4.42. The van der Waals surface area contributed by atoms with E-state index in [9.17, 15) is 4.39 Å². The molecule has 1 aliphatic carbocycles. The molecule has 3 nitrogen and oxygen atoms in total. The van der Waals surface area contributed by atoms with Gasteiger partial charge in [0.05, 0.1) is 22.9 Å². The van der Waals surface area contributed by atoms with Crippen molar-refractivity contribution in [2.75, 3.05) is 18.5 Å². The van der Waals surface area contributed by atoms with Crippen molar-refractivity contribution in [3.8, 4) is 0 Å². The van der Waals surface area contributed by atoms with Gasteiger partial charge in [0.2, 0.25) is 0 Å². The Bertz CT molecular complexity index is 566. The van der Waals surface area contributed by atoms with Crippen LogP contribution in [0.15, 0.2) is 18.2 Å². The predicted octanol–water partition coefficient (Wildman–Crippen LogP) is 4.20. The second-order valence-corrected chi connectivity index (χ2v) is 6.22. The monoisotopic (exact) mass is 294 g/mol. The molecule has 2 aromatic rings. The molecule has 0 amide bonds. The molecule has 20 heavy (non-hydrogen) atoms. The van der Waals surface area contributed by atoms with Crippen molar-refractivity contribution in [3.63, 3.8) is 0 Å². The van der Waals surface area contributed by atoms with Gasteiger partial charge in [0, 0.05) is 6.54 Å². The highest BCUT2D eigenvalue weighted by atomic mass is 32.1. The number of hydrogen-bond acceptors (Lipinski definition) is 4. The van der Waals surface area contributed by atoms with Crippen LogP contribution in [0.4, 0.5) is 9.52 Å². The molecule has 1 N–H and O–H groups in total. The Morgan fingerprint density at radius 2 is 2.15 bits per heavy atom. The molecule has 0 unspecified atom stereocenters. The van der Waals surface area contributed by atoms with E-state index in [2.05, 4.69) is 10.3 Å². The fourth-order valence-electron chi connectivity index (χ4n) is 2.59. The Balaban J connectivity index is 1.47. The summed E-state index contributed by atoms with van der Waals surface area (Å²) < 4.78 is 19.8. The molecule has 3 rings (SSSR count). The number of rotatable bonds is 5. The molecule has 1 aromatic heterocycles. The van der Waals surface area contributed by atoms with E-state index < -0.39 is 0 Å². The lowest BCUT2D eigenvalue weighted by atomic mass is 9.98. The van der Waals surface area contributed by atoms with Crippen LogP contribution >= 0.6 is 11.3 Å². The molecule has 0 radical (unpaired) electrons. The first-order valence-electron chi connectivity index (χ1n) is 7.23. The highest BCUT2D eigenvalue weighted by molar-refractivity contribution is 7.22. The first-order valence-corrected chi connectivity index (χ1v) is 8.04. The van der Waals surface area contributed by atoms with Gasteiger partial charge in [0.1, 0.15) is 5.82 Å². The van der Waals surface area contributed by atoms with Crippen LogP contribution in [-0.4, -0.2) is 24.2 Å². The molecule has 1 aliphatic rings. The number of nitrogens with zero attached hydrogens (tertiary/aromatic N) is 1. The van der Waals surface area contributed by atoms with Crippen LogP contribution in [0.3, 0.4) is 0 Å². The van der Waals surface area contributed by atoms with Gasteiger partial charge in [-0.1, -0.05) is 30.6 Å². The molecule has 1 heterocycles. The van der Waals surface area contributed by atoms with Gasteiger partial charge in [0.15, 0.2) is 5.13 Å². The average Bonchev–Trinajstić information content (AvgIpc) is 2.86. The molecule has 1 saturated carbocycles. The Morgan fingerprint density at radius 3 is 3.00 bits per heavy atom. The molecule has 108 valence electrons.